The molecular weight excluding hydrogens is 515 g/mol. The van der Waals surface area contributed by atoms with Gasteiger partial charge >= 0.3 is 5.97 Å². The quantitative estimate of drug-likeness (QED) is 0.205. The Morgan fingerprint density at radius 2 is 1.46 bits per heavy atom. The Balaban J connectivity index is 1.15. The van der Waals surface area contributed by atoms with Gasteiger partial charge in [0.1, 0.15) is 23.7 Å². The molecule has 1 amide bonds. The molecule has 4 aromatic carbocycles. The van der Waals surface area contributed by atoms with Crippen LogP contribution in [0.2, 0.25) is 0 Å². The number of ether oxygens (including phenoxy) is 2. The first-order valence-corrected chi connectivity index (χ1v) is 13.0. The molecule has 0 spiro atoms. The van der Waals surface area contributed by atoms with Crippen molar-refractivity contribution >= 4 is 28.3 Å². The van der Waals surface area contributed by atoms with Crippen molar-refractivity contribution in [2.24, 2.45) is 0 Å². The number of carbonyl (C=O) groups is 2. The highest BCUT2D eigenvalue weighted by atomic mass is 32.1. The molecule has 0 radical (unpaired) electrons. The van der Waals surface area contributed by atoms with Crippen LogP contribution in [0.3, 0.4) is 0 Å². The number of nitrogens with zero attached hydrogens (tertiary/aromatic N) is 1. The number of rotatable bonds is 9. The lowest BCUT2D eigenvalue weighted by Gasteiger charge is -2.11. The molecular formula is C31H23FN2O4S. The van der Waals surface area contributed by atoms with Crippen LogP contribution >= 0.6 is 11.3 Å². The number of thiazole rings is 1. The molecule has 1 aromatic heterocycles. The van der Waals surface area contributed by atoms with Crippen LogP contribution in [0.15, 0.2) is 109 Å². The van der Waals surface area contributed by atoms with Crippen LogP contribution in [0.4, 0.5) is 9.52 Å². The van der Waals surface area contributed by atoms with Crippen molar-refractivity contribution in [3.63, 3.8) is 0 Å². The Morgan fingerprint density at radius 1 is 0.795 bits per heavy atom. The van der Waals surface area contributed by atoms with Gasteiger partial charge < -0.3 is 9.47 Å². The lowest BCUT2D eigenvalue weighted by molar-refractivity contribution is -0.119. The minimum absolute atomic E-state index is 0.145. The number of hydrogen-bond acceptors (Lipinski definition) is 6. The van der Waals surface area contributed by atoms with Crippen molar-refractivity contribution in [1.29, 1.82) is 0 Å². The average Bonchev–Trinajstić information content (AvgIpc) is 3.44. The summed E-state index contributed by atoms with van der Waals surface area (Å²) in [6, 6.07) is 30.6. The molecule has 0 saturated carbocycles. The van der Waals surface area contributed by atoms with Crippen LogP contribution in [-0.2, 0) is 16.1 Å². The van der Waals surface area contributed by atoms with E-state index in [4.69, 9.17) is 9.47 Å². The molecule has 6 nitrogen and oxygen atoms in total. The Kier molecular flexibility index (Phi) is 8.04. The summed E-state index contributed by atoms with van der Waals surface area (Å²) in [6.07, 6.45) is 0. The first-order valence-electron chi connectivity index (χ1n) is 12.1. The molecule has 0 atom stereocenters. The highest BCUT2D eigenvalue weighted by Crippen LogP contribution is 2.28. The standard InChI is InChI=1S/C31H23FN2O4S/c32-25-16-10-21(11-17-25)18-37-28-9-5-4-8-26(28)30(36)38-19-29(35)34-31-33-27(20-39-31)24-14-12-23(13-15-24)22-6-2-1-3-7-22/h1-17,20H,18-19H2,(H,33,34,35). The minimum atomic E-state index is -0.696. The minimum Gasteiger partial charge on any atom is -0.488 e. The maximum absolute atomic E-state index is 13.1. The van der Waals surface area contributed by atoms with Crippen LogP contribution in [0.25, 0.3) is 22.4 Å². The van der Waals surface area contributed by atoms with E-state index in [2.05, 4.69) is 22.4 Å². The first-order chi connectivity index (χ1) is 19.0. The number of nitrogens with one attached hydrogen (secondary N) is 1. The zero-order valence-electron chi connectivity index (χ0n) is 20.7. The Labute approximate surface area is 228 Å². The van der Waals surface area contributed by atoms with Crippen LogP contribution in [0.1, 0.15) is 15.9 Å². The van der Waals surface area contributed by atoms with Gasteiger partial charge in [0.15, 0.2) is 11.7 Å². The topological polar surface area (TPSA) is 77.5 Å². The molecule has 8 heteroatoms. The number of esters is 1. The van der Waals surface area contributed by atoms with Crippen molar-refractivity contribution in [1.82, 2.24) is 4.98 Å². The van der Waals surface area contributed by atoms with Crippen molar-refractivity contribution in [2.45, 2.75) is 6.61 Å². The van der Waals surface area contributed by atoms with E-state index in [1.54, 1.807) is 36.4 Å². The summed E-state index contributed by atoms with van der Waals surface area (Å²) < 4.78 is 24.1. The van der Waals surface area contributed by atoms with Crippen LogP contribution in [0.5, 0.6) is 5.75 Å². The summed E-state index contributed by atoms with van der Waals surface area (Å²) in [6.45, 7) is -0.335. The molecule has 0 unspecified atom stereocenters. The Bertz CT molecular complexity index is 1570. The molecule has 0 aliphatic rings. The van der Waals surface area contributed by atoms with E-state index in [-0.39, 0.29) is 18.0 Å². The monoisotopic (exact) mass is 538 g/mol. The SMILES string of the molecule is O=C(COC(=O)c1ccccc1OCc1ccc(F)cc1)Nc1nc(-c2ccc(-c3ccccc3)cc2)cs1. The number of benzene rings is 4. The third-order valence-electron chi connectivity index (χ3n) is 5.79. The molecule has 0 saturated heterocycles. The predicted octanol–water partition coefficient (Wildman–Crippen LogP) is 6.99. The maximum atomic E-state index is 13.1. The van der Waals surface area contributed by atoms with E-state index < -0.39 is 18.5 Å². The molecule has 5 aromatic rings. The van der Waals surface area contributed by atoms with Gasteiger partial charge in [0, 0.05) is 10.9 Å². The molecule has 0 aliphatic carbocycles. The van der Waals surface area contributed by atoms with Gasteiger partial charge in [0.05, 0.1) is 5.69 Å². The highest BCUT2D eigenvalue weighted by Gasteiger charge is 2.16. The zero-order chi connectivity index (χ0) is 27.0. The number of para-hydroxylation sites is 1. The number of carbonyl (C=O) groups excluding carboxylic acids is 2. The number of anilines is 1. The summed E-state index contributed by atoms with van der Waals surface area (Å²) in [5, 5.41) is 4.93. The van der Waals surface area contributed by atoms with Crippen molar-refractivity contribution in [3.05, 3.63) is 125 Å². The predicted molar refractivity (Wildman–Crippen MR) is 149 cm³/mol. The lowest BCUT2D eigenvalue weighted by atomic mass is 10.0. The summed E-state index contributed by atoms with van der Waals surface area (Å²) in [7, 11) is 0. The van der Waals surface area contributed by atoms with Crippen LogP contribution in [0, 0.1) is 5.82 Å². The first kappa shape index (κ1) is 25.8. The number of amides is 1. The van der Waals surface area contributed by atoms with Crippen molar-refractivity contribution < 1.29 is 23.5 Å². The molecule has 194 valence electrons. The smallest absolute Gasteiger partial charge is 0.342 e. The second-order valence-corrected chi connectivity index (χ2v) is 9.37. The normalized spacial score (nSPS) is 10.6. The second kappa shape index (κ2) is 12.1. The number of aromatic nitrogens is 1. The summed E-state index contributed by atoms with van der Waals surface area (Å²) in [5.74, 6) is -1.24. The number of hydrogen-bond donors (Lipinski definition) is 1. The van der Waals surface area contributed by atoms with Crippen LogP contribution < -0.4 is 10.1 Å². The highest BCUT2D eigenvalue weighted by molar-refractivity contribution is 7.14. The summed E-state index contributed by atoms with van der Waals surface area (Å²) in [5.41, 5.74) is 4.82. The molecule has 39 heavy (non-hydrogen) atoms. The van der Waals surface area contributed by atoms with Gasteiger partial charge in [-0.3, -0.25) is 10.1 Å². The van der Waals surface area contributed by atoms with Crippen molar-refractivity contribution in [3.8, 4) is 28.1 Å². The van der Waals surface area contributed by atoms with Gasteiger partial charge in [-0.25, -0.2) is 14.2 Å². The molecule has 0 fully saturated rings. The third kappa shape index (κ3) is 6.74. The van der Waals surface area contributed by atoms with E-state index in [0.717, 1.165) is 27.9 Å². The van der Waals surface area contributed by atoms with E-state index in [1.807, 2.05) is 47.8 Å². The largest absolute Gasteiger partial charge is 0.488 e. The van der Waals surface area contributed by atoms with Crippen LogP contribution in [-0.4, -0.2) is 23.5 Å². The fourth-order valence-electron chi connectivity index (χ4n) is 3.79. The molecule has 0 aliphatic heterocycles. The van der Waals surface area contributed by atoms with Gasteiger partial charge in [-0.2, -0.15) is 0 Å². The second-order valence-electron chi connectivity index (χ2n) is 8.52. The van der Waals surface area contributed by atoms with Gasteiger partial charge in [-0.05, 0) is 41.0 Å². The average molecular weight is 539 g/mol. The fraction of sp³-hybridized carbons (Fsp3) is 0.0645. The summed E-state index contributed by atoms with van der Waals surface area (Å²) >= 11 is 1.28. The Morgan fingerprint density at radius 3 is 2.23 bits per heavy atom. The zero-order valence-corrected chi connectivity index (χ0v) is 21.5. The van der Waals surface area contributed by atoms with E-state index in [9.17, 15) is 14.0 Å². The Hall–Kier alpha value is -4.82. The summed E-state index contributed by atoms with van der Waals surface area (Å²) in [4.78, 5) is 29.6. The van der Waals surface area contributed by atoms with Gasteiger partial charge in [0.25, 0.3) is 5.91 Å². The van der Waals surface area contributed by atoms with Crippen molar-refractivity contribution in [2.75, 3.05) is 11.9 Å². The lowest BCUT2D eigenvalue weighted by Crippen LogP contribution is -2.21. The third-order valence-corrected chi connectivity index (χ3v) is 6.54. The molecule has 0 bridgehead atoms. The fourth-order valence-corrected chi connectivity index (χ4v) is 4.53. The molecule has 1 N–H and O–H groups in total. The van der Waals surface area contributed by atoms with E-state index >= 15 is 0 Å². The maximum Gasteiger partial charge on any atom is 0.342 e. The van der Waals surface area contributed by atoms with Gasteiger partial charge in [0.2, 0.25) is 0 Å². The van der Waals surface area contributed by atoms with E-state index in [1.165, 1.54) is 23.5 Å². The molecule has 5 rings (SSSR count). The molecule has 1 heterocycles. The van der Waals surface area contributed by atoms with Gasteiger partial charge in [-0.1, -0.05) is 78.9 Å². The van der Waals surface area contributed by atoms with Gasteiger partial charge in [-0.15, -0.1) is 11.3 Å². The number of halogens is 1. The van der Waals surface area contributed by atoms with E-state index in [0.29, 0.717) is 10.9 Å².